The predicted octanol–water partition coefficient (Wildman–Crippen LogP) is -0.439. The van der Waals surface area contributed by atoms with Gasteiger partial charge in [-0.25, -0.2) is 21.1 Å². The van der Waals surface area contributed by atoms with Gasteiger partial charge >= 0.3 is 0 Å². The highest BCUT2D eigenvalue weighted by molar-refractivity contribution is 7.91. The molecule has 8 nitrogen and oxygen atoms in total. The number of hydrogen-bond donors (Lipinski definition) is 1. The molecule has 0 saturated carbocycles. The standard InChI is InChI=1S/C16H24N2O6S2/c1-17(2)26(23,24)12-13-10-18(11-15(13)19)16(20)8-9-25(21,22)14-6-4-3-5-7-14/h3-7,13,15,19H,8-12H2,1-2H3/t13-,15-/m0/s1. The van der Waals surface area contributed by atoms with E-state index in [0.717, 1.165) is 4.31 Å². The number of likely N-dealkylation sites (tertiary alicyclic amines) is 1. The third-order valence-corrected chi connectivity index (χ3v) is 8.12. The van der Waals surface area contributed by atoms with E-state index in [2.05, 4.69) is 0 Å². The summed E-state index contributed by atoms with van der Waals surface area (Å²) in [5.74, 6) is -1.58. The van der Waals surface area contributed by atoms with Gasteiger partial charge in [0.15, 0.2) is 9.84 Å². The fourth-order valence-electron chi connectivity index (χ4n) is 2.77. The van der Waals surface area contributed by atoms with Crippen LogP contribution in [0.2, 0.25) is 0 Å². The summed E-state index contributed by atoms with van der Waals surface area (Å²) < 4.78 is 49.5. The van der Waals surface area contributed by atoms with E-state index in [1.807, 2.05) is 0 Å². The van der Waals surface area contributed by atoms with Crippen molar-refractivity contribution in [1.82, 2.24) is 9.21 Å². The molecule has 1 amide bonds. The van der Waals surface area contributed by atoms with Crippen LogP contribution in [0.15, 0.2) is 35.2 Å². The molecule has 146 valence electrons. The van der Waals surface area contributed by atoms with Crippen molar-refractivity contribution in [1.29, 1.82) is 0 Å². The van der Waals surface area contributed by atoms with Crippen molar-refractivity contribution < 1.29 is 26.7 Å². The van der Waals surface area contributed by atoms with Gasteiger partial charge in [0, 0.05) is 39.5 Å². The van der Waals surface area contributed by atoms with Crippen molar-refractivity contribution in [2.24, 2.45) is 5.92 Å². The molecule has 0 spiro atoms. The average molecular weight is 405 g/mol. The van der Waals surface area contributed by atoms with Gasteiger partial charge in [0.25, 0.3) is 0 Å². The Morgan fingerprint density at radius 1 is 1.15 bits per heavy atom. The third kappa shape index (κ3) is 5.03. The summed E-state index contributed by atoms with van der Waals surface area (Å²) in [6.07, 6.45) is -1.16. The van der Waals surface area contributed by atoms with Crippen LogP contribution in [0.1, 0.15) is 6.42 Å². The van der Waals surface area contributed by atoms with E-state index in [0.29, 0.717) is 0 Å². The minimum Gasteiger partial charge on any atom is -0.391 e. The molecule has 1 N–H and O–H groups in total. The molecule has 0 aromatic heterocycles. The average Bonchev–Trinajstić information content (AvgIpc) is 2.93. The van der Waals surface area contributed by atoms with Crippen molar-refractivity contribution in [3.05, 3.63) is 30.3 Å². The number of amides is 1. The number of rotatable bonds is 7. The molecule has 1 aliphatic heterocycles. The van der Waals surface area contributed by atoms with Gasteiger partial charge in [-0.15, -0.1) is 0 Å². The summed E-state index contributed by atoms with van der Waals surface area (Å²) in [5.41, 5.74) is 0. The quantitative estimate of drug-likeness (QED) is 0.659. The van der Waals surface area contributed by atoms with Crippen LogP contribution in [0.3, 0.4) is 0 Å². The van der Waals surface area contributed by atoms with Crippen LogP contribution in [0.4, 0.5) is 0 Å². The Balaban J connectivity index is 1.95. The van der Waals surface area contributed by atoms with Crippen LogP contribution < -0.4 is 0 Å². The summed E-state index contributed by atoms with van der Waals surface area (Å²) in [7, 11) is -4.24. The number of benzene rings is 1. The van der Waals surface area contributed by atoms with Gasteiger partial charge in [-0.3, -0.25) is 4.79 Å². The van der Waals surface area contributed by atoms with Gasteiger partial charge in [0.1, 0.15) is 0 Å². The highest BCUT2D eigenvalue weighted by Gasteiger charge is 2.37. The Bertz CT molecular complexity index is 837. The highest BCUT2D eigenvalue weighted by atomic mass is 32.2. The Morgan fingerprint density at radius 2 is 1.77 bits per heavy atom. The molecule has 1 aromatic rings. The van der Waals surface area contributed by atoms with E-state index in [1.54, 1.807) is 18.2 Å². The molecule has 2 rings (SSSR count). The van der Waals surface area contributed by atoms with Gasteiger partial charge in [-0.1, -0.05) is 18.2 Å². The maximum atomic E-state index is 12.3. The van der Waals surface area contributed by atoms with Crippen LogP contribution >= 0.6 is 0 Å². The number of nitrogens with zero attached hydrogens (tertiary/aromatic N) is 2. The topological polar surface area (TPSA) is 112 Å². The second kappa shape index (κ2) is 8.03. The Morgan fingerprint density at radius 3 is 2.35 bits per heavy atom. The summed E-state index contributed by atoms with van der Waals surface area (Å²) in [6.45, 7) is 0.107. The van der Waals surface area contributed by atoms with Crippen LogP contribution in [0, 0.1) is 5.92 Å². The molecule has 26 heavy (non-hydrogen) atoms. The highest BCUT2D eigenvalue weighted by Crippen LogP contribution is 2.21. The first-order valence-corrected chi connectivity index (χ1v) is 11.4. The summed E-state index contributed by atoms with van der Waals surface area (Å²) >= 11 is 0. The molecular formula is C16H24N2O6S2. The SMILES string of the molecule is CN(C)S(=O)(=O)C[C@@H]1CN(C(=O)CCS(=O)(=O)c2ccccc2)C[C@@H]1O. The Labute approximate surface area is 154 Å². The number of hydrogen-bond acceptors (Lipinski definition) is 6. The molecule has 10 heteroatoms. The minimum atomic E-state index is -3.56. The molecule has 0 aliphatic carbocycles. The van der Waals surface area contributed by atoms with Crippen LogP contribution in [-0.4, -0.2) is 81.8 Å². The van der Waals surface area contributed by atoms with Crippen molar-refractivity contribution in [3.8, 4) is 0 Å². The third-order valence-electron chi connectivity index (χ3n) is 4.43. The first-order chi connectivity index (χ1) is 12.0. The number of aliphatic hydroxyl groups is 1. The zero-order valence-corrected chi connectivity index (χ0v) is 16.4. The number of carbonyl (C=O) groups excluding carboxylic acids is 1. The maximum Gasteiger partial charge on any atom is 0.223 e. The smallest absolute Gasteiger partial charge is 0.223 e. The fraction of sp³-hybridized carbons (Fsp3) is 0.562. The fourth-order valence-corrected chi connectivity index (χ4v) is 5.18. The molecule has 1 fully saturated rings. The molecule has 1 saturated heterocycles. The number of β-amino-alcohol motifs (C(OH)–C–C–N with tert-alkyl or cyclic N) is 1. The Hall–Kier alpha value is -1.49. The molecule has 0 radical (unpaired) electrons. The van der Waals surface area contributed by atoms with Crippen molar-refractivity contribution in [2.45, 2.75) is 17.4 Å². The molecule has 1 heterocycles. The van der Waals surface area contributed by atoms with E-state index in [1.165, 1.54) is 31.1 Å². The zero-order valence-electron chi connectivity index (χ0n) is 14.8. The van der Waals surface area contributed by atoms with Crippen LogP contribution in [-0.2, 0) is 24.7 Å². The Kier molecular flexibility index (Phi) is 6.43. The number of carbonyl (C=O) groups is 1. The molecule has 1 aromatic carbocycles. The first kappa shape index (κ1) is 20.8. The molecule has 2 atom stereocenters. The van der Waals surface area contributed by atoms with Gasteiger partial charge in [-0.2, -0.15) is 0 Å². The lowest BCUT2D eigenvalue weighted by atomic mass is 10.1. The van der Waals surface area contributed by atoms with Gasteiger partial charge in [0.2, 0.25) is 15.9 Å². The van der Waals surface area contributed by atoms with Gasteiger partial charge in [0.05, 0.1) is 22.5 Å². The molecule has 0 unspecified atom stereocenters. The van der Waals surface area contributed by atoms with E-state index in [9.17, 15) is 26.7 Å². The lowest BCUT2D eigenvalue weighted by Crippen LogP contribution is -2.34. The summed E-state index contributed by atoms with van der Waals surface area (Å²) in [5, 5.41) is 10.1. The van der Waals surface area contributed by atoms with Crippen molar-refractivity contribution in [3.63, 3.8) is 0 Å². The predicted molar refractivity (Wildman–Crippen MR) is 96.7 cm³/mol. The molecule has 0 bridgehead atoms. The maximum absolute atomic E-state index is 12.3. The zero-order chi connectivity index (χ0) is 19.5. The molecule has 1 aliphatic rings. The van der Waals surface area contributed by atoms with Gasteiger partial charge in [-0.05, 0) is 12.1 Å². The molecular weight excluding hydrogens is 380 g/mol. The summed E-state index contributed by atoms with van der Waals surface area (Å²) in [6, 6.07) is 7.88. The minimum absolute atomic E-state index is 0.0117. The second-order valence-electron chi connectivity index (χ2n) is 6.57. The van der Waals surface area contributed by atoms with Crippen molar-refractivity contribution in [2.75, 3.05) is 38.7 Å². The monoisotopic (exact) mass is 404 g/mol. The van der Waals surface area contributed by atoms with E-state index in [-0.39, 0.29) is 35.9 Å². The lowest BCUT2D eigenvalue weighted by molar-refractivity contribution is -0.130. The van der Waals surface area contributed by atoms with E-state index >= 15 is 0 Å². The number of sulfonamides is 1. The van der Waals surface area contributed by atoms with Gasteiger partial charge < -0.3 is 10.0 Å². The second-order valence-corrected chi connectivity index (χ2v) is 10.9. The van der Waals surface area contributed by atoms with Crippen LogP contribution in [0.5, 0.6) is 0 Å². The number of aliphatic hydroxyl groups excluding tert-OH is 1. The lowest BCUT2D eigenvalue weighted by Gasteiger charge is -2.18. The van der Waals surface area contributed by atoms with Crippen LogP contribution in [0.25, 0.3) is 0 Å². The van der Waals surface area contributed by atoms with Crippen molar-refractivity contribution >= 4 is 25.8 Å². The van der Waals surface area contributed by atoms with E-state index in [4.69, 9.17) is 0 Å². The number of sulfone groups is 1. The summed E-state index contributed by atoms with van der Waals surface area (Å²) in [4.78, 5) is 13.8. The largest absolute Gasteiger partial charge is 0.391 e. The normalized spacial score (nSPS) is 21.3. The van der Waals surface area contributed by atoms with E-state index < -0.39 is 37.8 Å². The first-order valence-electron chi connectivity index (χ1n) is 8.17.